The smallest absolute Gasteiger partial charge is 0.0954 e. The number of fused-ring (bicyclic) bond motifs is 1. The monoisotopic (exact) mass is 320 g/mol. The summed E-state index contributed by atoms with van der Waals surface area (Å²) in [5.41, 5.74) is 3.00. The van der Waals surface area contributed by atoms with Crippen molar-refractivity contribution in [3.05, 3.63) is 51.1 Å². The number of aliphatic hydroxyl groups excluding tert-OH is 1. The van der Waals surface area contributed by atoms with E-state index in [1.54, 1.807) is 11.3 Å². The SMILES string of the molecule is CC(C)c1nc(Cn2cc(CO)c3ccc(Cl)cc32)cs1. The molecule has 0 aliphatic rings. The molecule has 1 N–H and O–H groups in total. The first-order valence-electron chi connectivity index (χ1n) is 6.91. The largest absolute Gasteiger partial charge is 0.392 e. The third-order valence-corrected chi connectivity index (χ3v) is 4.92. The number of aromatic nitrogens is 2. The summed E-state index contributed by atoms with van der Waals surface area (Å²) in [7, 11) is 0. The molecule has 2 aromatic heterocycles. The maximum absolute atomic E-state index is 9.50. The van der Waals surface area contributed by atoms with E-state index in [2.05, 4.69) is 28.8 Å². The molecule has 5 heteroatoms. The number of hydrogen-bond donors (Lipinski definition) is 1. The summed E-state index contributed by atoms with van der Waals surface area (Å²) in [5, 5.41) is 14.5. The van der Waals surface area contributed by atoms with Crippen LogP contribution >= 0.6 is 22.9 Å². The van der Waals surface area contributed by atoms with Crippen molar-refractivity contribution in [1.82, 2.24) is 9.55 Å². The molecule has 0 aliphatic carbocycles. The maximum Gasteiger partial charge on any atom is 0.0954 e. The second-order valence-corrected chi connectivity index (χ2v) is 6.76. The Morgan fingerprint density at radius 1 is 1.38 bits per heavy atom. The Bertz CT molecular complexity index is 776. The molecule has 21 heavy (non-hydrogen) atoms. The topological polar surface area (TPSA) is 38.0 Å². The van der Waals surface area contributed by atoms with Crippen LogP contribution in [0.15, 0.2) is 29.8 Å². The summed E-state index contributed by atoms with van der Waals surface area (Å²) < 4.78 is 2.10. The molecule has 0 bridgehead atoms. The molecule has 1 aromatic carbocycles. The van der Waals surface area contributed by atoms with E-state index < -0.39 is 0 Å². The van der Waals surface area contributed by atoms with E-state index in [-0.39, 0.29) is 6.61 Å². The number of benzene rings is 1. The quantitative estimate of drug-likeness (QED) is 0.773. The molecule has 0 atom stereocenters. The minimum Gasteiger partial charge on any atom is -0.392 e. The molecule has 0 radical (unpaired) electrons. The number of hydrogen-bond acceptors (Lipinski definition) is 3. The lowest BCUT2D eigenvalue weighted by Gasteiger charge is -2.03. The van der Waals surface area contributed by atoms with Gasteiger partial charge in [0.15, 0.2) is 0 Å². The molecule has 0 unspecified atom stereocenters. The van der Waals surface area contributed by atoms with Crippen LogP contribution in [0.25, 0.3) is 10.9 Å². The van der Waals surface area contributed by atoms with E-state index in [1.807, 2.05) is 24.4 Å². The Balaban J connectivity index is 2.01. The van der Waals surface area contributed by atoms with Crippen molar-refractivity contribution >= 4 is 33.8 Å². The van der Waals surface area contributed by atoms with Crippen molar-refractivity contribution in [2.24, 2.45) is 0 Å². The molecule has 0 aliphatic heterocycles. The summed E-state index contributed by atoms with van der Waals surface area (Å²) in [6, 6.07) is 5.75. The second-order valence-electron chi connectivity index (χ2n) is 5.43. The predicted octanol–water partition coefficient (Wildman–Crippen LogP) is 4.42. The second kappa shape index (κ2) is 5.79. The molecule has 0 saturated carbocycles. The Labute approximate surface area is 132 Å². The van der Waals surface area contributed by atoms with Crippen LogP contribution in [-0.4, -0.2) is 14.7 Å². The summed E-state index contributed by atoms with van der Waals surface area (Å²) >= 11 is 7.80. The fourth-order valence-corrected chi connectivity index (χ4v) is 3.43. The highest BCUT2D eigenvalue weighted by Crippen LogP contribution is 2.26. The first kappa shape index (κ1) is 14.6. The van der Waals surface area contributed by atoms with Crippen LogP contribution in [0.4, 0.5) is 0 Å². The van der Waals surface area contributed by atoms with Gasteiger partial charge in [0.25, 0.3) is 0 Å². The fraction of sp³-hybridized carbons (Fsp3) is 0.312. The molecule has 0 spiro atoms. The van der Waals surface area contributed by atoms with Gasteiger partial charge in [-0.3, -0.25) is 0 Å². The molecule has 3 nitrogen and oxygen atoms in total. The molecule has 3 rings (SSSR count). The van der Waals surface area contributed by atoms with Gasteiger partial charge >= 0.3 is 0 Å². The van der Waals surface area contributed by atoms with Gasteiger partial charge in [0, 0.05) is 33.5 Å². The predicted molar refractivity (Wildman–Crippen MR) is 88.2 cm³/mol. The van der Waals surface area contributed by atoms with Crippen molar-refractivity contribution in [2.45, 2.75) is 32.9 Å². The summed E-state index contributed by atoms with van der Waals surface area (Å²) in [5.74, 6) is 0.451. The average Bonchev–Trinajstić information content (AvgIpc) is 3.04. The third kappa shape index (κ3) is 2.84. The van der Waals surface area contributed by atoms with E-state index in [1.165, 1.54) is 0 Å². The Kier molecular flexibility index (Phi) is 4.02. The van der Waals surface area contributed by atoms with Crippen LogP contribution in [0.2, 0.25) is 5.02 Å². The van der Waals surface area contributed by atoms with Crippen molar-refractivity contribution in [2.75, 3.05) is 0 Å². The van der Waals surface area contributed by atoms with Gasteiger partial charge in [0.05, 0.1) is 29.4 Å². The van der Waals surface area contributed by atoms with Crippen LogP contribution < -0.4 is 0 Å². The van der Waals surface area contributed by atoms with E-state index in [0.29, 0.717) is 17.5 Å². The van der Waals surface area contributed by atoms with Gasteiger partial charge < -0.3 is 9.67 Å². The average molecular weight is 321 g/mol. The van der Waals surface area contributed by atoms with Crippen LogP contribution in [0.1, 0.15) is 36.0 Å². The minimum atomic E-state index is 0.0272. The number of halogens is 1. The fourth-order valence-electron chi connectivity index (χ4n) is 2.43. The zero-order valence-electron chi connectivity index (χ0n) is 12.0. The van der Waals surface area contributed by atoms with E-state index >= 15 is 0 Å². The summed E-state index contributed by atoms with van der Waals surface area (Å²) in [6.45, 7) is 5.02. The number of rotatable bonds is 4. The first-order chi connectivity index (χ1) is 10.1. The van der Waals surface area contributed by atoms with E-state index in [4.69, 9.17) is 11.6 Å². The zero-order chi connectivity index (χ0) is 15.0. The van der Waals surface area contributed by atoms with Gasteiger partial charge in [-0.15, -0.1) is 11.3 Å². The normalized spacial score (nSPS) is 11.7. The van der Waals surface area contributed by atoms with Crippen LogP contribution in [0.5, 0.6) is 0 Å². The Hall–Kier alpha value is -1.36. The van der Waals surface area contributed by atoms with Crippen molar-refractivity contribution in [1.29, 1.82) is 0 Å². The molecule has 0 amide bonds. The van der Waals surface area contributed by atoms with Gasteiger partial charge in [-0.2, -0.15) is 0 Å². The van der Waals surface area contributed by atoms with Crippen molar-refractivity contribution in [3.63, 3.8) is 0 Å². The third-order valence-electron chi connectivity index (χ3n) is 3.49. The van der Waals surface area contributed by atoms with E-state index in [9.17, 15) is 5.11 Å². The van der Waals surface area contributed by atoms with Crippen LogP contribution in [0.3, 0.4) is 0 Å². The van der Waals surface area contributed by atoms with Crippen LogP contribution in [-0.2, 0) is 13.2 Å². The zero-order valence-corrected chi connectivity index (χ0v) is 13.6. The maximum atomic E-state index is 9.50. The summed E-state index contributed by atoms with van der Waals surface area (Å²) in [6.07, 6.45) is 1.98. The number of aliphatic hydroxyl groups is 1. The standard InChI is InChI=1S/C16H17ClN2OS/c1-10(2)16-18-13(9-21-16)7-19-6-11(8-20)14-4-3-12(17)5-15(14)19/h3-6,9-10,20H,7-8H2,1-2H3. The molecule has 110 valence electrons. The lowest BCUT2D eigenvalue weighted by Crippen LogP contribution is -1.99. The molecule has 0 fully saturated rings. The molecular weight excluding hydrogens is 304 g/mol. The van der Waals surface area contributed by atoms with Gasteiger partial charge in [0.2, 0.25) is 0 Å². The lowest BCUT2D eigenvalue weighted by atomic mass is 10.2. The molecule has 3 aromatic rings. The number of nitrogens with zero attached hydrogens (tertiary/aromatic N) is 2. The molecule has 0 saturated heterocycles. The van der Waals surface area contributed by atoms with Crippen molar-refractivity contribution in [3.8, 4) is 0 Å². The molecule has 2 heterocycles. The van der Waals surface area contributed by atoms with Gasteiger partial charge in [-0.25, -0.2) is 4.98 Å². The number of thiazole rings is 1. The van der Waals surface area contributed by atoms with Gasteiger partial charge in [0.1, 0.15) is 0 Å². The molecular formula is C16H17ClN2OS. The van der Waals surface area contributed by atoms with Crippen LogP contribution in [0, 0.1) is 0 Å². The Morgan fingerprint density at radius 2 is 2.19 bits per heavy atom. The van der Waals surface area contributed by atoms with Crippen molar-refractivity contribution < 1.29 is 5.11 Å². The highest BCUT2D eigenvalue weighted by molar-refractivity contribution is 7.09. The highest BCUT2D eigenvalue weighted by atomic mass is 35.5. The Morgan fingerprint density at radius 3 is 2.86 bits per heavy atom. The first-order valence-corrected chi connectivity index (χ1v) is 8.16. The van der Waals surface area contributed by atoms with Gasteiger partial charge in [-0.05, 0) is 12.1 Å². The van der Waals surface area contributed by atoms with Gasteiger partial charge in [-0.1, -0.05) is 31.5 Å². The lowest BCUT2D eigenvalue weighted by molar-refractivity contribution is 0.283. The summed E-state index contributed by atoms with van der Waals surface area (Å²) in [4.78, 5) is 4.67. The van der Waals surface area contributed by atoms with E-state index in [0.717, 1.165) is 27.2 Å². The highest BCUT2D eigenvalue weighted by Gasteiger charge is 2.11. The minimum absolute atomic E-state index is 0.0272.